The summed E-state index contributed by atoms with van der Waals surface area (Å²) in [5, 5.41) is 6.90. The van der Waals surface area contributed by atoms with Crippen molar-refractivity contribution < 1.29 is 8.42 Å². The number of H-pyrrole nitrogens is 1. The van der Waals surface area contributed by atoms with Crippen LogP contribution in [0.25, 0.3) is 0 Å². The van der Waals surface area contributed by atoms with Crippen molar-refractivity contribution in [1.29, 1.82) is 0 Å². The number of hydrogen-bond acceptors (Lipinski definition) is 4. The van der Waals surface area contributed by atoms with Gasteiger partial charge in [0.25, 0.3) is 10.0 Å². The standard InChI is InChI=1S/C12H15ClN4O2S/c1-3-9-6-12(16-15-9)17-20(18,19)11-5-8(13)4-10(14)7(11)2/h4-6H,3,14H2,1-2H3,(H2,15,16,17). The van der Waals surface area contributed by atoms with Crippen LogP contribution in [-0.4, -0.2) is 18.6 Å². The van der Waals surface area contributed by atoms with Crippen molar-refractivity contribution in [2.75, 3.05) is 10.5 Å². The number of halogens is 1. The van der Waals surface area contributed by atoms with Gasteiger partial charge in [-0.3, -0.25) is 9.82 Å². The Balaban J connectivity index is 2.40. The first kappa shape index (κ1) is 14.7. The van der Waals surface area contributed by atoms with Crippen LogP contribution in [-0.2, 0) is 16.4 Å². The van der Waals surface area contributed by atoms with Gasteiger partial charge in [-0.25, -0.2) is 8.42 Å². The van der Waals surface area contributed by atoms with E-state index in [1.807, 2.05) is 6.92 Å². The van der Waals surface area contributed by atoms with E-state index >= 15 is 0 Å². The lowest BCUT2D eigenvalue weighted by atomic mass is 10.2. The van der Waals surface area contributed by atoms with Crippen LogP contribution in [0.4, 0.5) is 11.5 Å². The molecule has 4 N–H and O–H groups in total. The molecule has 8 heteroatoms. The highest BCUT2D eigenvalue weighted by molar-refractivity contribution is 7.92. The smallest absolute Gasteiger partial charge is 0.263 e. The first-order chi connectivity index (χ1) is 9.33. The highest BCUT2D eigenvalue weighted by Gasteiger charge is 2.20. The Hall–Kier alpha value is -1.73. The fraction of sp³-hybridized carbons (Fsp3) is 0.250. The van der Waals surface area contributed by atoms with Crippen LogP contribution >= 0.6 is 11.6 Å². The molecule has 0 aliphatic heterocycles. The molecule has 0 saturated carbocycles. The van der Waals surface area contributed by atoms with Gasteiger partial charge in [-0.2, -0.15) is 5.10 Å². The van der Waals surface area contributed by atoms with Gasteiger partial charge in [0.1, 0.15) is 0 Å². The van der Waals surface area contributed by atoms with Gasteiger partial charge in [0.15, 0.2) is 5.82 Å². The molecule has 0 atom stereocenters. The fourth-order valence-electron chi connectivity index (χ4n) is 1.74. The molecule has 1 heterocycles. The van der Waals surface area contributed by atoms with E-state index in [0.717, 1.165) is 12.1 Å². The summed E-state index contributed by atoms with van der Waals surface area (Å²) in [4.78, 5) is 0.0450. The largest absolute Gasteiger partial charge is 0.398 e. The molecule has 0 spiro atoms. The molecule has 0 radical (unpaired) electrons. The lowest BCUT2D eigenvalue weighted by Crippen LogP contribution is -2.15. The number of aromatic amines is 1. The molecule has 108 valence electrons. The van der Waals surface area contributed by atoms with Gasteiger partial charge in [0, 0.05) is 22.5 Å². The molecule has 1 aromatic carbocycles. The molecule has 2 aromatic rings. The van der Waals surface area contributed by atoms with Crippen LogP contribution < -0.4 is 10.5 Å². The SMILES string of the molecule is CCc1cc(NS(=O)(=O)c2cc(Cl)cc(N)c2C)n[nH]1. The van der Waals surface area contributed by atoms with Gasteiger partial charge >= 0.3 is 0 Å². The fourth-order valence-corrected chi connectivity index (χ4v) is 3.33. The Morgan fingerprint density at radius 2 is 2.10 bits per heavy atom. The maximum Gasteiger partial charge on any atom is 0.263 e. The van der Waals surface area contributed by atoms with Gasteiger partial charge < -0.3 is 5.73 Å². The van der Waals surface area contributed by atoms with Crippen LogP contribution in [0.5, 0.6) is 0 Å². The second-order valence-corrected chi connectivity index (χ2v) is 6.44. The number of anilines is 2. The van der Waals surface area contributed by atoms with E-state index in [2.05, 4.69) is 14.9 Å². The van der Waals surface area contributed by atoms with Crippen LogP contribution in [0.15, 0.2) is 23.1 Å². The van der Waals surface area contributed by atoms with Crippen LogP contribution in [0.3, 0.4) is 0 Å². The summed E-state index contributed by atoms with van der Waals surface area (Å²) in [5.41, 5.74) is 7.36. The zero-order valence-electron chi connectivity index (χ0n) is 11.1. The number of rotatable bonds is 4. The van der Waals surface area contributed by atoms with E-state index in [-0.39, 0.29) is 15.7 Å². The summed E-state index contributed by atoms with van der Waals surface area (Å²) in [6.45, 7) is 3.57. The predicted octanol–water partition coefficient (Wildman–Crippen LogP) is 2.32. The summed E-state index contributed by atoms with van der Waals surface area (Å²) < 4.78 is 27.1. The molecule has 0 unspecified atom stereocenters. The molecule has 0 bridgehead atoms. The number of nitrogens with one attached hydrogen (secondary N) is 2. The number of nitrogens with zero attached hydrogens (tertiary/aromatic N) is 1. The number of aromatic nitrogens is 2. The minimum absolute atomic E-state index is 0.0450. The third kappa shape index (κ3) is 2.88. The van der Waals surface area contributed by atoms with Gasteiger partial charge in [0.2, 0.25) is 0 Å². The summed E-state index contributed by atoms with van der Waals surface area (Å²) >= 11 is 5.86. The molecule has 20 heavy (non-hydrogen) atoms. The number of sulfonamides is 1. The van der Waals surface area contributed by atoms with Gasteiger partial charge in [-0.05, 0) is 31.0 Å². The highest BCUT2D eigenvalue weighted by Crippen LogP contribution is 2.27. The first-order valence-corrected chi connectivity index (χ1v) is 7.82. The second kappa shape index (κ2) is 5.34. The zero-order chi connectivity index (χ0) is 14.9. The molecule has 6 nitrogen and oxygen atoms in total. The Bertz CT molecular complexity index is 740. The molecule has 0 amide bonds. The zero-order valence-corrected chi connectivity index (χ0v) is 12.6. The lowest BCUT2D eigenvalue weighted by Gasteiger charge is -2.10. The maximum absolute atomic E-state index is 12.3. The average molecular weight is 315 g/mol. The Morgan fingerprint density at radius 3 is 2.70 bits per heavy atom. The minimum Gasteiger partial charge on any atom is -0.398 e. The number of aryl methyl sites for hydroxylation is 1. The topological polar surface area (TPSA) is 101 Å². The Labute approximate surface area is 122 Å². The third-order valence-electron chi connectivity index (χ3n) is 2.91. The number of nitrogen functional groups attached to an aromatic ring is 1. The summed E-state index contributed by atoms with van der Waals surface area (Å²) in [7, 11) is -3.78. The molecule has 0 saturated heterocycles. The second-order valence-electron chi connectivity index (χ2n) is 4.36. The van der Waals surface area contributed by atoms with E-state index in [1.165, 1.54) is 12.1 Å². The Morgan fingerprint density at radius 1 is 1.40 bits per heavy atom. The number of benzene rings is 1. The van der Waals surface area contributed by atoms with E-state index in [1.54, 1.807) is 13.0 Å². The monoisotopic (exact) mass is 314 g/mol. The van der Waals surface area contributed by atoms with E-state index in [0.29, 0.717) is 11.3 Å². The van der Waals surface area contributed by atoms with Crippen molar-refractivity contribution >= 4 is 33.1 Å². The normalized spacial score (nSPS) is 11.6. The Kier molecular flexibility index (Phi) is 3.92. The van der Waals surface area contributed by atoms with E-state index in [4.69, 9.17) is 17.3 Å². The van der Waals surface area contributed by atoms with Crippen molar-refractivity contribution in [3.05, 3.63) is 34.5 Å². The summed E-state index contributed by atoms with van der Waals surface area (Å²) in [6.07, 6.45) is 0.734. The van der Waals surface area contributed by atoms with Crippen molar-refractivity contribution in [1.82, 2.24) is 10.2 Å². The third-order valence-corrected chi connectivity index (χ3v) is 4.60. The van der Waals surface area contributed by atoms with Crippen LogP contribution in [0.1, 0.15) is 18.2 Å². The molecular formula is C12H15ClN4O2S. The van der Waals surface area contributed by atoms with Crippen molar-refractivity contribution in [2.24, 2.45) is 0 Å². The first-order valence-electron chi connectivity index (χ1n) is 5.96. The van der Waals surface area contributed by atoms with Gasteiger partial charge in [-0.1, -0.05) is 18.5 Å². The molecular weight excluding hydrogens is 300 g/mol. The summed E-state index contributed by atoms with van der Waals surface area (Å²) in [6, 6.07) is 4.52. The molecule has 0 fully saturated rings. The lowest BCUT2D eigenvalue weighted by molar-refractivity contribution is 0.600. The summed E-state index contributed by atoms with van der Waals surface area (Å²) in [5.74, 6) is 0.236. The predicted molar refractivity (Wildman–Crippen MR) is 79.4 cm³/mol. The number of hydrogen-bond donors (Lipinski definition) is 3. The van der Waals surface area contributed by atoms with Crippen LogP contribution in [0.2, 0.25) is 5.02 Å². The van der Waals surface area contributed by atoms with E-state index in [9.17, 15) is 8.42 Å². The quantitative estimate of drug-likeness (QED) is 0.754. The molecule has 2 rings (SSSR count). The van der Waals surface area contributed by atoms with Gasteiger partial charge in [-0.15, -0.1) is 0 Å². The van der Waals surface area contributed by atoms with Gasteiger partial charge in [0.05, 0.1) is 4.90 Å². The minimum atomic E-state index is -3.78. The molecule has 0 aliphatic carbocycles. The molecule has 0 aliphatic rings. The van der Waals surface area contributed by atoms with E-state index < -0.39 is 10.0 Å². The van der Waals surface area contributed by atoms with Crippen molar-refractivity contribution in [3.8, 4) is 0 Å². The number of nitrogens with two attached hydrogens (primary N) is 1. The van der Waals surface area contributed by atoms with Crippen molar-refractivity contribution in [2.45, 2.75) is 25.2 Å². The van der Waals surface area contributed by atoms with Crippen molar-refractivity contribution in [3.63, 3.8) is 0 Å². The highest BCUT2D eigenvalue weighted by atomic mass is 35.5. The average Bonchev–Trinajstić information content (AvgIpc) is 2.80. The molecule has 1 aromatic heterocycles. The maximum atomic E-state index is 12.3. The van der Waals surface area contributed by atoms with Crippen LogP contribution in [0, 0.1) is 6.92 Å².